The van der Waals surface area contributed by atoms with Gasteiger partial charge in [-0.1, -0.05) is 19.1 Å². The molecule has 0 bridgehead atoms. The molecule has 2 aromatic heterocycles. The molecule has 0 amide bonds. The Bertz CT molecular complexity index is 972. The van der Waals surface area contributed by atoms with Crippen molar-refractivity contribution in [1.29, 1.82) is 0 Å². The first-order valence-corrected chi connectivity index (χ1v) is 8.58. The topological polar surface area (TPSA) is 57.0 Å². The molecule has 0 unspecified atom stereocenters. The predicted molar refractivity (Wildman–Crippen MR) is 100 cm³/mol. The van der Waals surface area contributed by atoms with Crippen LogP contribution in [0.5, 0.6) is 5.75 Å². The van der Waals surface area contributed by atoms with Crippen LogP contribution in [0.1, 0.15) is 40.3 Å². The average Bonchev–Trinajstić information content (AvgIpc) is 3.01. The van der Waals surface area contributed by atoms with Crippen LogP contribution < -0.4 is 4.74 Å². The molecule has 0 fully saturated rings. The Balaban J connectivity index is 2.44. The highest BCUT2D eigenvalue weighted by Crippen LogP contribution is 2.39. The third-order valence-corrected chi connectivity index (χ3v) is 4.41. The largest absolute Gasteiger partial charge is 0.496 e. The third kappa shape index (κ3) is 2.86. The number of hydrogen-bond acceptors (Lipinski definition) is 4. The molecule has 0 aliphatic carbocycles. The quantitative estimate of drug-likeness (QED) is 0.494. The van der Waals surface area contributed by atoms with E-state index in [-0.39, 0.29) is 6.61 Å². The van der Waals surface area contributed by atoms with Gasteiger partial charge in [-0.25, -0.2) is 4.79 Å². The number of aryl methyl sites for hydroxylation is 1. The number of hydrogen-bond donors (Lipinski definition) is 0. The molecule has 0 saturated heterocycles. The van der Waals surface area contributed by atoms with Crippen molar-refractivity contribution in [1.82, 2.24) is 4.40 Å². The highest BCUT2D eigenvalue weighted by molar-refractivity contribution is 6.09. The lowest BCUT2D eigenvalue weighted by atomic mass is 9.97. The van der Waals surface area contributed by atoms with E-state index in [0.717, 1.165) is 18.3 Å². The molecule has 0 saturated carbocycles. The Morgan fingerprint density at radius 3 is 2.65 bits per heavy atom. The fourth-order valence-corrected chi connectivity index (χ4v) is 3.20. The molecule has 2 heterocycles. The summed E-state index contributed by atoms with van der Waals surface area (Å²) in [5.74, 6) is 0.148. The van der Waals surface area contributed by atoms with Gasteiger partial charge < -0.3 is 13.9 Å². The van der Waals surface area contributed by atoms with E-state index >= 15 is 0 Å². The molecule has 1 aromatic carbocycles. The number of carbonyl (C=O) groups excluding carboxylic acids is 2. The molecule has 0 N–H and O–H groups in total. The third-order valence-electron chi connectivity index (χ3n) is 4.41. The van der Waals surface area contributed by atoms with Crippen LogP contribution in [0.15, 0.2) is 42.6 Å². The van der Waals surface area contributed by atoms with Crippen molar-refractivity contribution in [2.24, 2.45) is 0 Å². The Labute approximate surface area is 152 Å². The zero-order chi connectivity index (χ0) is 18.7. The summed E-state index contributed by atoms with van der Waals surface area (Å²) in [5, 5.41) is 0. The van der Waals surface area contributed by atoms with Crippen LogP contribution in [0.4, 0.5) is 0 Å². The van der Waals surface area contributed by atoms with Gasteiger partial charge in [-0.2, -0.15) is 0 Å². The van der Waals surface area contributed by atoms with Crippen LogP contribution in [0.25, 0.3) is 16.6 Å². The van der Waals surface area contributed by atoms with Crippen molar-refractivity contribution >= 4 is 17.8 Å². The number of nitrogens with zero attached hydrogens (tertiary/aromatic N) is 1. The summed E-state index contributed by atoms with van der Waals surface area (Å²) < 4.78 is 12.5. The van der Waals surface area contributed by atoms with Crippen LogP contribution in [-0.4, -0.2) is 30.4 Å². The number of benzene rings is 1. The summed E-state index contributed by atoms with van der Waals surface area (Å²) in [6.45, 7) is 4.06. The second-order valence-corrected chi connectivity index (χ2v) is 5.82. The minimum Gasteiger partial charge on any atom is -0.496 e. The number of aromatic nitrogens is 1. The lowest BCUT2D eigenvalue weighted by molar-refractivity contribution is 0.0529. The molecular weight excluding hydrogens is 330 g/mol. The molecule has 5 heteroatoms. The first kappa shape index (κ1) is 17.7. The van der Waals surface area contributed by atoms with Crippen LogP contribution >= 0.6 is 0 Å². The SMILES string of the molecule is CCOC(=O)c1c(-c2cc(CC)ccc2OC)c(C=O)n2ccccc12. The molecule has 3 rings (SSSR count). The van der Waals surface area contributed by atoms with Gasteiger partial charge in [-0.05, 0) is 43.2 Å². The number of carbonyl (C=O) groups is 2. The second-order valence-electron chi connectivity index (χ2n) is 5.82. The normalized spacial score (nSPS) is 10.7. The predicted octanol–water partition coefficient (Wildman–Crippen LogP) is 4.17. The molecular formula is C21H21NO4. The van der Waals surface area contributed by atoms with Gasteiger partial charge in [0.1, 0.15) is 5.75 Å². The first-order chi connectivity index (χ1) is 12.7. The Morgan fingerprint density at radius 2 is 2.00 bits per heavy atom. The number of fused-ring (bicyclic) bond motifs is 1. The van der Waals surface area contributed by atoms with E-state index in [4.69, 9.17) is 9.47 Å². The Morgan fingerprint density at radius 1 is 1.19 bits per heavy atom. The number of rotatable bonds is 6. The molecule has 3 aromatic rings. The van der Waals surface area contributed by atoms with Gasteiger partial charge in [0.2, 0.25) is 0 Å². The molecule has 0 spiro atoms. The Kier molecular flexibility index (Phi) is 5.07. The minimum absolute atomic E-state index is 0.255. The maximum Gasteiger partial charge on any atom is 0.340 e. The van der Waals surface area contributed by atoms with Crippen LogP contribution in [0.2, 0.25) is 0 Å². The summed E-state index contributed by atoms with van der Waals surface area (Å²) in [6.07, 6.45) is 3.36. The summed E-state index contributed by atoms with van der Waals surface area (Å²) in [4.78, 5) is 24.7. The lowest BCUT2D eigenvalue weighted by Crippen LogP contribution is -2.06. The van der Waals surface area contributed by atoms with E-state index in [2.05, 4.69) is 6.92 Å². The second kappa shape index (κ2) is 7.44. The van der Waals surface area contributed by atoms with Crippen LogP contribution in [0, 0.1) is 0 Å². The van der Waals surface area contributed by atoms with Gasteiger partial charge >= 0.3 is 5.97 Å². The zero-order valence-corrected chi connectivity index (χ0v) is 15.1. The molecule has 26 heavy (non-hydrogen) atoms. The van der Waals surface area contributed by atoms with Crippen molar-refractivity contribution < 1.29 is 19.1 Å². The Hall–Kier alpha value is -3.08. The fourth-order valence-electron chi connectivity index (χ4n) is 3.20. The van der Waals surface area contributed by atoms with Gasteiger partial charge in [0.15, 0.2) is 6.29 Å². The molecule has 0 aliphatic rings. The van der Waals surface area contributed by atoms with Crippen molar-refractivity contribution in [2.45, 2.75) is 20.3 Å². The summed E-state index contributed by atoms with van der Waals surface area (Å²) in [6, 6.07) is 11.2. The van der Waals surface area contributed by atoms with Crippen molar-refractivity contribution in [3.05, 3.63) is 59.4 Å². The van der Waals surface area contributed by atoms with Gasteiger partial charge in [-0.15, -0.1) is 0 Å². The smallest absolute Gasteiger partial charge is 0.340 e. The van der Waals surface area contributed by atoms with E-state index in [1.165, 1.54) is 0 Å². The highest BCUT2D eigenvalue weighted by atomic mass is 16.5. The van der Waals surface area contributed by atoms with Crippen LogP contribution in [0.3, 0.4) is 0 Å². The maximum atomic E-state index is 12.7. The van der Waals surface area contributed by atoms with E-state index in [0.29, 0.717) is 33.7 Å². The van der Waals surface area contributed by atoms with E-state index in [9.17, 15) is 9.59 Å². The fraction of sp³-hybridized carbons (Fsp3) is 0.238. The zero-order valence-electron chi connectivity index (χ0n) is 15.1. The van der Waals surface area contributed by atoms with Gasteiger partial charge in [0.05, 0.1) is 30.5 Å². The number of aldehydes is 1. The summed E-state index contributed by atoms with van der Waals surface area (Å²) in [5.41, 5.74) is 3.74. The average molecular weight is 351 g/mol. The van der Waals surface area contributed by atoms with Gasteiger partial charge in [0, 0.05) is 17.3 Å². The van der Waals surface area contributed by atoms with E-state index in [1.807, 2.05) is 30.3 Å². The molecule has 5 nitrogen and oxygen atoms in total. The number of pyridine rings is 1. The number of ether oxygens (including phenoxy) is 2. The molecule has 0 aliphatic heterocycles. The number of methoxy groups -OCH3 is 1. The van der Waals surface area contributed by atoms with Crippen LogP contribution in [-0.2, 0) is 11.2 Å². The van der Waals surface area contributed by atoms with E-state index < -0.39 is 5.97 Å². The van der Waals surface area contributed by atoms with Crippen molar-refractivity contribution in [3.8, 4) is 16.9 Å². The van der Waals surface area contributed by atoms with Gasteiger partial charge in [0.25, 0.3) is 0 Å². The number of esters is 1. The lowest BCUT2D eigenvalue weighted by Gasteiger charge is -2.12. The molecule has 134 valence electrons. The molecule has 0 radical (unpaired) electrons. The first-order valence-electron chi connectivity index (χ1n) is 8.58. The maximum absolute atomic E-state index is 12.7. The highest BCUT2D eigenvalue weighted by Gasteiger charge is 2.27. The standard InChI is InChI=1S/C21H21NO4/c1-4-14-9-10-18(25-3)15(12-14)19-17(13-23)22-11-7-6-8-16(22)20(19)21(24)26-5-2/h6-13H,4-5H2,1-3H3. The van der Waals surface area contributed by atoms with Gasteiger partial charge in [-0.3, -0.25) is 4.79 Å². The monoisotopic (exact) mass is 351 g/mol. The summed E-state index contributed by atoms with van der Waals surface area (Å²) >= 11 is 0. The molecule has 0 atom stereocenters. The van der Waals surface area contributed by atoms with Crippen molar-refractivity contribution in [2.75, 3.05) is 13.7 Å². The van der Waals surface area contributed by atoms with Crippen molar-refractivity contribution in [3.63, 3.8) is 0 Å². The minimum atomic E-state index is -0.455. The summed E-state index contributed by atoms with van der Waals surface area (Å²) in [7, 11) is 1.57. The van der Waals surface area contributed by atoms with E-state index in [1.54, 1.807) is 30.7 Å².